The highest BCUT2D eigenvalue weighted by atomic mass is 32.2. The van der Waals surface area contributed by atoms with E-state index in [1.807, 2.05) is 34.6 Å². The Hall–Kier alpha value is -3.37. The predicted molar refractivity (Wildman–Crippen MR) is 161 cm³/mol. The van der Waals surface area contributed by atoms with E-state index in [1.54, 1.807) is 7.11 Å². The minimum Gasteiger partial charge on any atom is -0.593 e. The lowest BCUT2D eigenvalue weighted by Crippen LogP contribution is -2.49. The SMILES string of the molecule is COc1ccc([S+]([O-])N2CCN(C(C)c3nc(N4CCN(c5ccccc5)CC4)c4ccccc4n3)CC2)cc1. The lowest BCUT2D eigenvalue weighted by Gasteiger charge is -2.38. The highest BCUT2D eigenvalue weighted by Crippen LogP contribution is 2.30. The zero-order valence-electron chi connectivity index (χ0n) is 23.1. The molecule has 40 heavy (non-hydrogen) atoms. The van der Waals surface area contributed by atoms with E-state index < -0.39 is 11.4 Å². The third-order valence-electron chi connectivity index (χ3n) is 7.99. The van der Waals surface area contributed by atoms with Gasteiger partial charge in [-0.3, -0.25) is 4.90 Å². The molecule has 0 amide bonds. The summed E-state index contributed by atoms with van der Waals surface area (Å²) in [5, 5.41) is 1.10. The number of rotatable bonds is 7. The van der Waals surface area contributed by atoms with E-state index in [1.165, 1.54) is 5.69 Å². The topological polar surface area (TPSA) is 71.0 Å². The second kappa shape index (κ2) is 12.0. The maximum atomic E-state index is 13.2. The Morgan fingerprint density at radius 1 is 0.750 bits per heavy atom. The van der Waals surface area contributed by atoms with Crippen molar-refractivity contribution in [3.63, 3.8) is 0 Å². The number of aromatic nitrogens is 2. The number of para-hydroxylation sites is 2. The molecule has 208 valence electrons. The molecule has 3 heterocycles. The molecule has 0 spiro atoms. The third kappa shape index (κ3) is 5.60. The third-order valence-corrected chi connectivity index (χ3v) is 9.50. The largest absolute Gasteiger partial charge is 0.593 e. The van der Waals surface area contributed by atoms with Gasteiger partial charge in [0.2, 0.25) is 0 Å². The van der Waals surface area contributed by atoms with Crippen molar-refractivity contribution < 1.29 is 9.29 Å². The number of benzene rings is 3. The van der Waals surface area contributed by atoms with Crippen molar-refractivity contribution in [2.24, 2.45) is 0 Å². The fourth-order valence-corrected chi connectivity index (χ4v) is 6.74. The van der Waals surface area contributed by atoms with Crippen molar-refractivity contribution in [2.75, 3.05) is 69.3 Å². The molecule has 2 aliphatic heterocycles. The van der Waals surface area contributed by atoms with Crippen LogP contribution in [0.3, 0.4) is 0 Å². The van der Waals surface area contributed by atoms with Crippen LogP contribution in [-0.2, 0) is 11.4 Å². The fraction of sp³-hybridized carbons (Fsp3) is 0.355. The summed E-state index contributed by atoms with van der Waals surface area (Å²) in [6.45, 7) is 9.02. The van der Waals surface area contributed by atoms with E-state index in [0.29, 0.717) is 0 Å². The average Bonchev–Trinajstić information content (AvgIpc) is 3.04. The number of hydrogen-bond donors (Lipinski definition) is 0. The maximum Gasteiger partial charge on any atom is 0.174 e. The number of anilines is 2. The summed E-state index contributed by atoms with van der Waals surface area (Å²) in [5.74, 6) is 2.65. The van der Waals surface area contributed by atoms with Crippen molar-refractivity contribution in [3.05, 3.63) is 84.7 Å². The molecular formula is C31H36N6O2S. The lowest BCUT2D eigenvalue weighted by molar-refractivity contribution is 0.141. The van der Waals surface area contributed by atoms with Gasteiger partial charge in [0.05, 0.1) is 43.1 Å². The Balaban J connectivity index is 1.15. The monoisotopic (exact) mass is 556 g/mol. The maximum absolute atomic E-state index is 13.2. The Kier molecular flexibility index (Phi) is 8.06. The van der Waals surface area contributed by atoms with E-state index >= 15 is 0 Å². The Morgan fingerprint density at radius 3 is 2.10 bits per heavy atom. The fourth-order valence-electron chi connectivity index (χ4n) is 5.58. The minimum absolute atomic E-state index is 0.0607. The molecule has 0 saturated carbocycles. The van der Waals surface area contributed by atoms with Crippen molar-refractivity contribution >= 4 is 33.8 Å². The van der Waals surface area contributed by atoms with Gasteiger partial charge in [0.25, 0.3) is 0 Å². The first kappa shape index (κ1) is 26.8. The van der Waals surface area contributed by atoms with Gasteiger partial charge in [-0.15, -0.1) is 4.31 Å². The summed E-state index contributed by atoms with van der Waals surface area (Å²) >= 11 is -1.19. The summed E-state index contributed by atoms with van der Waals surface area (Å²) in [4.78, 5) is 18.3. The molecule has 0 N–H and O–H groups in total. The second-order valence-corrected chi connectivity index (χ2v) is 11.8. The van der Waals surface area contributed by atoms with Gasteiger partial charge in [0, 0.05) is 50.3 Å². The van der Waals surface area contributed by atoms with E-state index in [0.717, 1.165) is 85.5 Å². The van der Waals surface area contributed by atoms with Gasteiger partial charge in [0.1, 0.15) is 17.4 Å². The van der Waals surface area contributed by atoms with Crippen LogP contribution in [0.25, 0.3) is 10.9 Å². The summed E-state index contributed by atoms with van der Waals surface area (Å²) in [5.41, 5.74) is 2.26. The molecule has 0 bridgehead atoms. The van der Waals surface area contributed by atoms with Gasteiger partial charge in [-0.1, -0.05) is 30.3 Å². The quantitative estimate of drug-likeness (QED) is 0.311. The van der Waals surface area contributed by atoms with Crippen LogP contribution in [0.4, 0.5) is 11.5 Å². The van der Waals surface area contributed by atoms with Crippen molar-refractivity contribution in [2.45, 2.75) is 17.9 Å². The van der Waals surface area contributed by atoms with Crippen LogP contribution < -0.4 is 14.5 Å². The van der Waals surface area contributed by atoms with Crippen LogP contribution in [0.15, 0.2) is 83.8 Å². The molecule has 0 aliphatic carbocycles. The van der Waals surface area contributed by atoms with E-state index in [2.05, 4.69) is 70.2 Å². The smallest absolute Gasteiger partial charge is 0.174 e. The van der Waals surface area contributed by atoms with Crippen molar-refractivity contribution in [1.82, 2.24) is 19.2 Å². The van der Waals surface area contributed by atoms with Gasteiger partial charge in [-0.2, -0.15) is 0 Å². The van der Waals surface area contributed by atoms with Gasteiger partial charge in [-0.05, 0) is 55.5 Å². The highest BCUT2D eigenvalue weighted by Gasteiger charge is 2.31. The molecule has 6 rings (SSSR count). The highest BCUT2D eigenvalue weighted by molar-refractivity contribution is 7.89. The summed E-state index contributed by atoms with van der Waals surface area (Å²) in [6.07, 6.45) is 0. The number of nitrogens with zero attached hydrogens (tertiary/aromatic N) is 6. The average molecular weight is 557 g/mol. The summed E-state index contributed by atoms with van der Waals surface area (Å²) in [6, 6.07) is 26.5. The molecular weight excluding hydrogens is 520 g/mol. The van der Waals surface area contributed by atoms with Crippen molar-refractivity contribution in [3.8, 4) is 5.75 Å². The van der Waals surface area contributed by atoms with Gasteiger partial charge in [0.15, 0.2) is 4.90 Å². The second-order valence-electron chi connectivity index (χ2n) is 10.3. The Labute approximate surface area is 239 Å². The molecule has 3 aromatic carbocycles. The lowest BCUT2D eigenvalue weighted by atomic mass is 10.1. The normalized spacial score (nSPS) is 18.6. The van der Waals surface area contributed by atoms with Gasteiger partial charge in [-0.25, -0.2) is 9.97 Å². The number of methoxy groups -OCH3 is 1. The summed E-state index contributed by atoms with van der Waals surface area (Å²) in [7, 11) is 1.64. The van der Waals surface area contributed by atoms with Crippen LogP contribution in [0, 0.1) is 0 Å². The number of fused-ring (bicyclic) bond motifs is 1. The molecule has 2 saturated heterocycles. The molecule has 4 aromatic rings. The first-order chi connectivity index (χ1) is 19.6. The minimum atomic E-state index is -1.19. The number of ether oxygens (including phenoxy) is 1. The standard InChI is InChI=1S/C31H36N6O2S/c1-24(34-20-22-37(23-21-34)40(38)27-14-12-26(39-2)13-15-27)30-32-29-11-7-6-10-28(29)31(33-30)36-18-16-35(17-19-36)25-8-4-3-5-9-25/h3-15,24H,16-23H2,1-2H3. The number of hydrogen-bond acceptors (Lipinski definition) is 8. The summed E-state index contributed by atoms with van der Waals surface area (Å²) < 4.78 is 20.5. The molecule has 0 radical (unpaired) electrons. The first-order valence-electron chi connectivity index (χ1n) is 14.0. The van der Waals surface area contributed by atoms with Gasteiger partial charge < -0.3 is 19.1 Å². The van der Waals surface area contributed by atoms with Crippen LogP contribution in [0.2, 0.25) is 0 Å². The molecule has 9 heteroatoms. The van der Waals surface area contributed by atoms with Gasteiger partial charge >= 0.3 is 0 Å². The Morgan fingerprint density at radius 2 is 1.40 bits per heavy atom. The molecule has 1 aromatic heterocycles. The zero-order valence-corrected chi connectivity index (χ0v) is 24.0. The molecule has 2 atom stereocenters. The van der Waals surface area contributed by atoms with E-state index in [9.17, 15) is 4.55 Å². The molecule has 2 unspecified atom stereocenters. The molecule has 2 fully saturated rings. The molecule has 8 nitrogen and oxygen atoms in total. The van der Waals surface area contributed by atoms with Crippen LogP contribution in [0.1, 0.15) is 18.8 Å². The van der Waals surface area contributed by atoms with Crippen LogP contribution in [0.5, 0.6) is 5.75 Å². The Bertz CT molecular complexity index is 1410. The zero-order chi connectivity index (χ0) is 27.5. The van der Waals surface area contributed by atoms with Crippen LogP contribution >= 0.6 is 0 Å². The molecule has 2 aliphatic rings. The van der Waals surface area contributed by atoms with Crippen LogP contribution in [-0.4, -0.2) is 83.2 Å². The van der Waals surface area contributed by atoms with Crippen molar-refractivity contribution in [1.29, 1.82) is 0 Å². The van der Waals surface area contributed by atoms with E-state index in [-0.39, 0.29) is 6.04 Å². The number of piperazine rings is 2. The van der Waals surface area contributed by atoms with E-state index in [4.69, 9.17) is 14.7 Å². The predicted octanol–water partition coefficient (Wildman–Crippen LogP) is 4.37. The first-order valence-corrected chi connectivity index (χ1v) is 15.1.